The molecule has 156 valence electrons. The molecule has 10 heteroatoms. The van der Waals surface area contributed by atoms with Crippen LogP contribution in [0.3, 0.4) is 0 Å². The third kappa shape index (κ3) is 3.75. The zero-order valence-corrected chi connectivity index (χ0v) is 17.9. The van der Waals surface area contributed by atoms with Crippen LogP contribution in [0.4, 0.5) is 10.2 Å². The molecule has 3 aromatic heterocycles. The Bertz CT molecular complexity index is 1350. The number of hydrogen-bond acceptors (Lipinski definition) is 6. The Morgan fingerprint density at radius 3 is 2.87 bits per heavy atom. The molecule has 8 nitrogen and oxygen atoms in total. The van der Waals surface area contributed by atoms with Crippen molar-refractivity contribution in [1.29, 1.82) is 5.26 Å². The highest BCUT2D eigenvalue weighted by molar-refractivity contribution is 8.00. The van der Waals surface area contributed by atoms with E-state index in [1.54, 1.807) is 41.5 Å². The molecule has 0 saturated heterocycles. The van der Waals surface area contributed by atoms with E-state index < -0.39 is 5.82 Å². The summed E-state index contributed by atoms with van der Waals surface area (Å²) in [6, 6.07) is 8.16. The lowest BCUT2D eigenvalue weighted by atomic mass is 10.2. The second kappa shape index (κ2) is 8.20. The van der Waals surface area contributed by atoms with E-state index in [2.05, 4.69) is 26.5 Å². The molecule has 0 unspecified atom stereocenters. The van der Waals surface area contributed by atoms with Crippen molar-refractivity contribution in [1.82, 2.24) is 24.3 Å². The van der Waals surface area contributed by atoms with Crippen LogP contribution in [0, 0.1) is 31.0 Å². The van der Waals surface area contributed by atoms with Gasteiger partial charge >= 0.3 is 0 Å². The molecule has 0 aliphatic heterocycles. The summed E-state index contributed by atoms with van der Waals surface area (Å²) in [6.45, 7) is 3.62. The van der Waals surface area contributed by atoms with Gasteiger partial charge in [0.15, 0.2) is 5.65 Å². The van der Waals surface area contributed by atoms with Crippen molar-refractivity contribution < 1.29 is 9.18 Å². The average molecular weight is 435 g/mol. The fraction of sp³-hybridized carbons (Fsp3) is 0.190. The Hall–Kier alpha value is -3.71. The van der Waals surface area contributed by atoms with Gasteiger partial charge in [0.1, 0.15) is 29.1 Å². The number of nitriles is 1. The predicted octanol–water partition coefficient (Wildman–Crippen LogP) is 3.51. The van der Waals surface area contributed by atoms with Gasteiger partial charge in [-0.2, -0.15) is 10.4 Å². The number of amides is 1. The van der Waals surface area contributed by atoms with Gasteiger partial charge in [0.25, 0.3) is 0 Å². The zero-order valence-electron chi connectivity index (χ0n) is 17.0. The summed E-state index contributed by atoms with van der Waals surface area (Å²) in [5.74, 6) is -0.327. The lowest BCUT2D eigenvalue weighted by Crippen LogP contribution is -2.18. The van der Waals surface area contributed by atoms with Crippen LogP contribution in [-0.4, -0.2) is 36.0 Å². The van der Waals surface area contributed by atoms with Gasteiger partial charge in [-0.1, -0.05) is 17.8 Å². The number of carbonyl (C=O) groups excluding carboxylic acids is 1. The van der Waals surface area contributed by atoms with Crippen LogP contribution in [0.1, 0.15) is 16.8 Å². The van der Waals surface area contributed by atoms with E-state index in [4.69, 9.17) is 0 Å². The molecule has 0 atom stereocenters. The first-order valence-corrected chi connectivity index (χ1v) is 10.3. The van der Waals surface area contributed by atoms with Gasteiger partial charge in [-0.3, -0.25) is 14.0 Å². The van der Waals surface area contributed by atoms with Gasteiger partial charge in [0, 0.05) is 12.7 Å². The third-order valence-corrected chi connectivity index (χ3v) is 5.99. The van der Waals surface area contributed by atoms with Gasteiger partial charge in [0.2, 0.25) is 5.91 Å². The highest BCUT2D eigenvalue weighted by atomic mass is 32.2. The normalized spacial score (nSPS) is 10.9. The summed E-state index contributed by atoms with van der Waals surface area (Å²) >= 11 is 1.25. The molecule has 4 rings (SSSR count). The van der Waals surface area contributed by atoms with Crippen LogP contribution in [0.25, 0.3) is 16.7 Å². The number of nitrogens with one attached hydrogen (secondary N) is 1. The molecule has 0 spiro atoms. The number of aromatic nitrogens is 5. The first-order valence-electron chi connectivity index (χ1n) is 9.34. The second-order valence-corrected chi connectivity index (χ2v) is 7.85. The Balaban J connectivity index is 1.62. The van der Waals surface area contributed by atoms with Crippen LogP contribution >= 0.6 is 11.8 Å². The molecule has 0 radical (unpaired) electrons. The number of halogens is 1. The SMILES string of the molecule is Cc1c(C#N)c(NC(=O)CSc2ncnc3c2cnn3C)n(-c2cccc(F)c2)c1C. The lowest BCUT2D eigenvalue weighted by Gasteiger charge is -2.13. The van der Waals surface area contributed by atoms with Gasteiger partial charge in [-0.25, -0.2) is 14.4 Å². The van der Waals surface area contributed by atoms with Crippen molar-refractivity contribution >= 4 is 34.5 Å². The number of thioether (sulfide) groups is 1. The van der Waals surface area contributed by atoms with Crippen molar-refractivity contribution in [3.63, 3.8) is 0 Å². The molecule has 0 saturated carbocycles. The highest BCUT2D eigenvalue weighted by Gasteiger charge is 2.21. The topological polar surface area (TPSA) is 101 Å². The number of benzene rings is 1. The van der Waals surface area contributed by atoms with Crippen LogP contribution in [0.5, 0.6) is 0 Å². The highest BCUT2D eigenvalue weighted by Crippen LogP contribution is 2.31. The van der Waals surface area contributed by atoms with E-state index in [1.807, 2.05) is 6.92 Å². The van der Waals surface area contributed by atoms with Crippen molar-refractivity contribution in [2.24, 2.45) is 7.05 Å². The number of nitrogens with zero attached hydrogens (tertiary/aromatic N) is 6. The van der Waals surface area contributed by atoms with E-state index in [0.717, 1.165) is 16.6 Å². The third-order valence-electron chi connectivity index (χ3n) is 4.98. The van der Waals surface area contributed by atoms with E-state index in [0.29, 0.717) is 27.7 Å². The Morgan fingerprint density at radius 2 is 2.13 bits per heavy atom. The number of fused-ring (bicyclic) bond motifs is 1. The molecule has 4 aromatic rings. The molecule has 1 aromatic carbocycles. The summed E-state index contributed by atoms with van der Waals surface area (Å²) in [4.78, 5) is 21.2. The monoisotopic (exact) mass is 435 g/mol. The number of aryl methyl sites for hydroxylation is 1. The molecular weight excluding hydrogens is 417 g/mol. The Morgan fingerprint density at radius 1 is 1.32 bits per heavy atom. The van der Waals surface area contributed by atoms with E-state index in [9.17, 15) is 14.4 Å². The van der Waals surface area contributed by atoms with Gasteiger partial charge < -0.3 is 5.32 Å². The Kier molecular flexibility index (Phi) is 5.44. The molecule has 31 heavy (non-hydrogen) atoms. The van der Waals surface area contributed by atoms with E-state index >= 15 is 0 Å². The van der Waals surface area contributed by atoms with Gasteiger partial charge in [0.05, 0.1) is 28.6 Å². The minimum Gasteiger partial charge on any atom is -0.310 e. The first kappa shape index (κ1) is 20.6. The zero-order chi connectivity index (χ0) is 22.1. The van der Waals surface area contributed by atoms with Crippen LogP contribution in [0.2, 0.25) is 0 Å². The predicted molar refractivity (Wildman–Crippen MR) is 116 cm³/mol. The van der Waals surface area contributed by atoms with Crippen molar-refractivity contribution in [2.75, 3.05) is 11.1 Å². The van der Waals surface area contributed by atoms with E-state index in [1.165, 1.54) is 30.2 Å². The standard InChI is InChI=1S/C21H18FN7OS/c1-12-13(2)29(15-6-4-5-14(22)7-15)20(16(12)8-23)27-18(30)10-31-21-17-9-26-28(3)19(17)24-11-25-21/h4-7,9,11H,10H2,1-3H3,(H,27,30). The number of anilines is 1. The largest absolute Gasteiger partial charge is 0.310 e. The maximum absolute atomic E-state index is 13.8. The van der Waals surface area contributed by atoms with Crippen LogP contribution in [-0.2, 0) is 11.8 Å². The second-order valence-electron chi connectivity index (χ2n) is 6.88. The quantitative estimate of drug-likeness (QED) is 0.380. The molecular formula is C21H18FN7OS. The Labute approximate surface area is 181 Å². The summed E-state index contributed by atoms with van der Waals surface area (Å²) in [5.41, 5.74) is 3.02. The molecule has 0 aliphatic carbocycles. The van der Waals surface area contributed by atoms with Crippen LogP contribution in [0.15, 0.2) is 41.8 Å². The fourth-order valence-electron chi connectivity index (χ4n) is 3.36. The maximum atomic E-state index is 13.8. The number of carbonyl (C=O) groups is 1. The first-order chi connectivity index (χ1) is 14.9. The van der Waals surface area contributed by atoms with Crippen molar-refractivity contribution in [3.05, 3.63) is 59.4 Å². The van der Waals surface area contributed by atoms with Crippen molar-refractivity contribution in [3.8, 4) is 11.8 Å². The molecule has 1 N–H and O–H groups in total. The smallest absolute Gasteiger partial charge is 0.235 e. The average Bonchev–Trinajstić information content (AvgIpc) is 3.24. The molecule has 0 fully saturated rings. The summed E-state index contributed by atoms with van der Waals surface area (Å²) < 4.78 is 17.1. The minimum atomic E-state index is -0.404. The van der Waals surface area contributed by atoms with Gasteiger partial charge in [-0.15, -0.1) is 0 Å². The number of hydrogen-bond donors (Lipinski definition) is 1. The maximum Gasteiger partial charge on any atom is 0.235 e. The lowest BCUT2D eigenvalue weighted by molar-refractivity contribution is -0.113. The van der Waals surface area contributed by atoms with E-state index in [-0.39, 0.29) is 11.7 Å². The molecule has 0 bridgehead atoms. The van der Waals surface area contributed by atoms with Crippen LogP contribution < -0.4 is 5.32 Å². The number of rotatable bonds is 5. The van der Waals surface area contributed by atoms with Gasteiger partial charge in [-0.05, 0) is 37.6 Å². The fourth-order valence-corrected chi connectivity index (χ4v) is 4.12. The molecule has 1 amide bonds. The summed E-state index contributed by atoms with van der Waals surface area (Å²) in [7, 11) is 1.78. The summed E-state index contributed by atoms with van der Waals surface area (Å²) in [5, 5.41) is 18.1. The van der Waals surface area contributed by atoms with Crippen molar-refractivity contribution in [2.45, 2.75) is 18.9 Å². The summed E-state index contributed by atoms with van der Waals surface area (Å²) in [6.07, 6.45) is 3.09. The molecule has 3 heterocycles. The molecule has 0 aliphatic rings. The minimum absolute atomic E-state index is 0.0678.